The van der Waals surface area contributed by atoms with Gasteiger partial charge in [-0.2, -0.15) is 18.3 Å². The molecular weight excluding hydrogens is 561 g/mol. The first-order valence-corrected chi connectivity index (χ1v) is 15.0. The lowest BCUT2D eigenvalue weighted by Crippen LogP contribution is -2.16. The number of alkyl halides is 3. The van der Waals surface area contributed by atoms with Crippen molar-refractivity contribution in [3.63, 3.8) is 0 Å². The van der Waals surface area contributed by atoms with Crippen LogP contribution in [0.15, 0.2) is 91.4 Å². The molecule has 7 rings (SSSR count). The van der Waals surface area contributed by atoms with Gasteiger partial charge < -0.3 is 4.57 Å². The van der Waals surface area contributed by atoms with Crippen LogP contribution in [0.2, 0.25) is 0 Å². The van der Waals surface area contributed by atoms with Crippen molar-refractivity contribution in [2.45, 2.75) is 50.6 Å². The Morgan fingerprint density at radius 3 is 2.43 bits per heavy atom. The van der Waals surface area contributed by atoms with E-state index in [1.54, 1.807) is 0 Å². The van der Waals surface area contributed by atoms with Gasteiger partial charge in [-0.3, -0.25) is 10.1 Å². The van der Waals surface area contributed by atoms with Crippen LogP contribution in [0.4, 0.5) is 13.2 Å². The van der Waals surface area contributed by atoms with Crippen molar-refractivity contribution in [1.82, 2.24) is 29.7 Å². The van der Waals surface area contributed by atoms with Gasteiger partial charge in [-0.05, 0) is 78.8 Å². The lowest BCUT2D eigenvalue weighted by Gasteiger charge is -2.27. The van der Waals surface area contributed by atoms with Gasteiger partial charge in [-0.25, -0.2) is 9.97 Å². The largest absolute Gasteiger partial charge is 0.416 e. The molecule has 2 aliphatic rings. The molecule has 2 aromatic carbocycles. The number of nitrogens with zero attached hydrogens (tertiary/aromatic N) is 5. The summed E-state index contributed by atoms with van der Waals surface area (Å²) in [6.07, 6.45) is 10.7. The second-order valence-electron chi connectivity index (χ2n) is 11.6. The third-order valence-electron chi connectivity index (χ3n) is 8.72. The number of rotatable bonds is 6. The number of hydrogen-bond acceptors (Lipinski definition) is 4. The minimum Gasteiger partial charge on any atom is -0.307 e. The van der Waals surface area contributed by atoms with Crippen LogP contribution in [-0.2, 0) is 12.6 Å². The predicted molar refractivity (Wildman–Crippen MR) is 164 cm³/mol. The van der Waals surface area contributed by atoms with Crippen molar-refractivity contribution in [2.75, 3.05) is 0 Å². The normalized spacial score (nSPS) is 18.7. The molecule has 0 amide bonds. The third-order valence-corrected chi connectivity index (χ3v) is 8.72. The molecule has 3 aromatic heterocycles. The average Bonchev–Trinajstić information content (AvgIpc) is 3.69. The molecule has 1 aliphatic heterocycles. The number of pyridine rings is 1. The van der Waals surface area contributed by atoms with E-state index in [1.807, 2.05) is 18.5 Å². The molecule has 5 aromatic rings. The van der Waals surface area contributed by atoms with Gasteiger partial charge in [0.2, 0.25) is 0 Å². The Balaban J connectivity index is 1.02. The second-order valence-corrected chi connectivity index (χ2v) is 11.6. The van der Waals surface area contributed by atoms with Gasteiger partial charge in [-0.1, -0.05) is 60.7 Å². The van der Waals surface area contributed by atoms with Gasteiger partial charge in [0.15, 0.2) is 5.82 Å². The summed E-state index contributed by atoms with van der Waals surface area (Å²) in [5, 5.41) is 7.14. The molecule has 9 heteroatoms. The van der Waals surface area contributed by atoms with Gasteiger partial charge in [0.05, 0.1) is 5.56 Å². The Hall–Kier alpha value is -4.79. The quantitative estimate of drug-likeness (QED) is 0.215. The number of nitrogens with one attached hydrogen (secondary N) is 1. The van der Waals surface area contributed by atoms with Crippen molar-refractivity contribution < 1.29 is 13.2 Å². The number of aromatic nitrogens is 6. The number of aromatic amines is 1. The smallest absolute Gasteiger partial charge is 0.307 e. The Kier molecular flexibility index (Phi) is 7.46. The zero-order valence-electron chi connectivity index (χ0n) is 24.0. The van der Waals surface area contributed by atoms with Gasteiger partial charge >= 0.3 is 6.18 Å². The SMILES string of the molecule is FC(F)(F)c1ccnc(-c2n[nH]c(C3CCC(Cc4ccc(C5=C(c6ccccc6)c6nccn6C=CC5)cc4)CC3)n2)c1. The number of fused-ring (bicyclic) bond motifs is 1. The highest BCUT2D eigenvalue weighted by Crippen LogP contribution is 2.38. The zero-order valence-corrected chi connectivity index (χ0v) is 24.0. The number of H-pyrrole nitrogens is 1. The number of benzene rings is 2. The highest BCUT2D eigenvalue weighted by molar-refractivity contribution is 5.98. The third kappa shape index (κ3) is 5.74. The molecule has 0 radical (unpaired) electrons. The van der Waals surface area contributed by atoms with Gasteiger partial charge in [0.25, 0.3) is 0 Å². The van der Waals surface area contributed by atoms with E-state index in [4.69, 9.17) is 4.98 Å². The first-order valence-electron chi connectivity index (χ1n) is 15.0. The first kappa shape index (κ1) is 28.0. The molecule has 6 nitrogen and oxygen atoms in total. The van der Waals surface area contributed by atoms with E-state index in [0.717, 1.165) is 79.6 Å². The van der Waals surface area contributed by atoms with Crippen LogP contribution in [0.5, 0.6) is 0 Å². The maximum atomic E-state index is 13.1. The van der Waals surface area contributed by atoms with Crippen LogP contribution < -0.4 is 0 Å². The highest BCUT2D eigenvalue weighted by atomic mass is 19.4. The second kappa shape index (κ2) is 11.7. The van der Waals surface area contributed by atoms with Crippen LogP contribution in [0.25, 0.3) is 28.9 Å². The van der Waals surface area contributed by atoms with Gasteiger partial charge in [0.1, 0.15) is 17.3 Å². The van der Waals surface area contributed by atoms with Gasteiger partial charge in [-0.15, -0.1) is 0 Å². The van der Waals surface area contributed by atoms with Crippen LogP contribution >= 0.6 is 0 Å². The Labute approximate surface area is 253 Å². The predicted octanol–water partition coefficient (Wildman–Crippen LogP) is 8.43. The lowest BCUT2D eigenvalue weighted by atomic mass is 9.79. The Morgan fingerprint density at radius 1 is 0.864 bits per heavy atom. The summed E-state index contributed by atoms with van der Waals surface area (Å²) >= 11 is 0. The Morgan fingerprint density at radius 2 is 1.66 bits per heavy atom. The summed E-state index contributed by atoms with van der Waals surface area (Å²) in [4.78, 5) is 13.3. The first-order chi connectivity index (χ1) is 21.4. The van der Waals surface area contributed by atoms with Gasteiger partial charge in [0, 0.05) is 36.3 Å². The van der Waals surface area contributed by atoms with Crippen LogP contribution in [-0.4, -0.2) is 29.7 Å². The van der Waals surface area contributed by atoms with Crippen molar-refractivity contribution in [1.29, 1.82) is 0 Å². The minimum absolute atomic E-state index is 0.121. The monoisotopic (exact) mass is 592 g/mol. The van der Waals surface area contributed by atoms with E-state index < -0.39 is 11.7 Å². The zero-order chi connectivity index (χ0) is 30.1. The number of halogens is 3. The molecule has 1 aliphatic carbocycles. The molecule has 0 saturated heterocycles. The molecule has 4 heterocycles. The molecule has 0 unspecified atom stereocenters. The molecule has 1 N–H and O–H groups in total. The summed E-state index contributed by atoms with van der Waals surface area (Å²) in [6.45, 7) is 0. The lowest BCUT2D eigenvalue weighted by molar-refractivity contribution is -0.137. The number of allylic oxidation sites excluding steroid dienone is 2. The van der Waals surface area contributed by atoms with Crippen LogP contribution in [0, 0.1) is 5.92 Å². The van der Waals surface area contributed by atoms with Crippen LogP contribution in [0.1, 0.15) is 71.9 Å². The maximum Gasteiger partial charge on any atom is 0.416 e. The van der Waals surface area contributed by atoms with E-state index in [9.17, 15) is 13.2 Å². The van der Waals surface area contributed by atoms with Crippen molar-refractivity contribution >= 4 is 17.3 Å². The number of hydrogen-bond donors (Lipinski definition) is 1. The summed E-state index contributed by atoms with van der Waals surface area (Å²) in [5.74, 6) is 2.65. The maximum absolute atomic E-state index is 13.1. The number of imidazole rings is 1. The molecular formula is C35H31F3N6. The fourth-order valence-electron chi connectivity index (χ4n) is 6.43. The molecule has 222 valence electrons. The van der Waals surface area contributed by atoms with Crippen molar-refractivity contribution in [3.05, 3.63) is 125 Å². The van der Waals surface area contributed by atoms with E-state index in [-0.39, 0.29) is 17.4 Å². The highest BCUT2D eigenvalue weighted by Gasteiger charge is 2.31. The fourth-order valence-corrected chi connectivity index (χ4v) is 6.43. The Bertz CT molecular complexity index is 1810. The minimum atomic E-state index is -4.44. The topological polar surface area (TPSA) is 72.3 Å². The van der Waals surface area contributed by atoms with E-state index in [0.29, 0.717) is 5.92 Å². The molecule has 0 bridgehead atoms. The van der Waals surface area contributed by atoms with E-state index in [2.05, 4.69) is 85.5 Å². The summed E-state index contributed by atoms with van der Waals surface area (Å²) in [7, 11) is 0. The molecule has 0 spiro atoms. The van der Waals surface area contributed by atoms with E-state index in [1.165, 1.54) is 16.7 Å². The molecule has 44 heavy (non-hydrogen) atoms. The summed E-state index contributed by atoms with van der Waals surface area (Å²) in [6, 6.07) is 21.4. The van der Waals surface area contributed by atoms with E-state index >= 15 is 0 Å². The van der Waals surface area contributed by atoms with Crippen molar-refractivity contribution in [3.8, 4) is 11.5 Å². The fraction of sp³-hybridized carbons (Fsp3) is 0.257. The molecule has 0 atom stereocenters. The van der Waals surface area contributed by atoms with Crippen molar-refractivity contribution in [2.24, 2.45) is 5.92 Å². The summed E-state index contributed by atoms with van der Waals surface area (Å²) in [5.41, 5.74) is 5.47. The molecule has 1 saturated carbocycles. The average molecular weight is 593 g/mol. The van der Waals surface area contributed by atoms with Crippen LogP contribution in [0.3, 0.4) is 0 Å². The summed E-state index contributed by atoms with van der Waals surface area (Å²) < 4.78 is 41.5. The standard InChI is InChI=1S/C35H31F3N6/c36-35(37,38)28-16-17-39-30(22-28)33-41-32(42-43-33)27-14-10-24(11-15-27)21-23-8-12-25(13-9-23)29-7-4-19-44-20-18-40-34(44)31(29)26-5-2-1-3-6-26/h1-6,8-9,12-13,16-20,22,24,27H,7,10-11,14-15,21H2,(H,41,42,43). The molecule has 1 fully saturated rings.